The van der Waals surface area contributed by atoms with Crippen LogP contribution in [0.3, 0.4) is 0 Å². The monoisotopic (exact) mass is 279 g/mol. The molecule has 6 heteroatoms. The van der Waals surface area contributed by atoms with Crippen molar-refractivity contribution >= 4 is 22.4 Å². The number of aryl methyl sites for hydroxylation is 2. The molecule has 0 aliphatic rings. The molecule has 0 saturated carbocycles. The number of nitrogens with two attached hydrogens (primary N) is 1. The number of nitrogens with one attached hydrogen (secondary N) is 1. The number of benzene rings is 1. The lowest BCUT2D eigenvalue weighted by Crippen LogP contribution is -2.23. The Kier molecular flexibility index (Phi) is 3.80. The molecule has 4 nitrogen and oxygen atoms in total. The highest BCUT2D eigenvalue weighted by Gasteiger charge is 2.14. The second kappa shape index (κ2) is 5.36. The van der Waals surface area contributed by atoms with Gasteiger partial charge in [-0.05, 0) is 37.1 Å². The van der Waals surface area contributed by atoms with Crippen LogP contribution in [0.15, 0.2) is 18.2 Å². The van der Waals surface area contributed by atoms with Crippen molar-refractivity contribution in [3.63, 3.8) is 0 Å². The van der Waals surface area contributed by atoms with E-state index < -0.39 is 0 Å². The number of thiazole rings is 1. The maximum Gasteiger partial charge on any atom is 0.263 e. The van der Waals surface area contributed by atoms with Gasteiger partial charge in [-0.3, -0.25) is 4.79 Å². The summed E-state index contributed by atoms with van der Waals surface area (Å²) in [6.07, 6.45) is 0. The fourth-order valence-corrected chi connectivity index (χ4v) is 2.49. The van der Waals surface area contributed by atoms with E-state index in [9.17, 15) is 9.18 Å². The largest absolute Gasteiger partial charge is 0.375 e. The molecular formula is C13H14FN3OS. The number of halogens is 1. The second-order valence-electron chi connectivity index (χ2n) is 4.22. The highest BCUT2D eigenvalue weighted by Crippen LogP contribution is 2.19. The van der Waals surface area contributed by atoms with Crippen molar-refractivity contribution in [2.75, 3.05) is 5.73 Å². The second-order valence-corrected chi connectivity index (χ2v) is 5.25. The zero-order chi connectivity index (χ0) is 14.0. The third-order valence-electron chi connectivity index (χ3n) is 2.76. The summed E-state index contributed by atoms with van der Waals surface area (Å²) in [5, 5.41) is 3.16. The molecule has 0 saturated heterocycles. The first-order valence-electron chi connectivity index (χ1n) is 5.73. The SMILES string of the molecule is Cc1cc(F)ccc1CNC(=O)c1sc(N)nc1C. The zero-order valence-electron chi connectivity index (χ0n) is 10.7. The van der Waals surface area contributed by atoms with Crippen LogP contribution in [0.1, 0.15) is 26.5 Å². The Bertz CT molecular complexity index is 624. The van der Waals surface area contributed by atoms with Crippen LogP contribution in [0.2, 0.25) is 0 Å². The van der Waals surface area contributed by atoms with E-state index in [1.54, 1.807) is 19.9 Å². The maximum absolute atomic E-state index is 13.0. The van der Waals surface area contributed by atoms with Gasteiger partial charge in [-0.25, -0.2) is 9.37 Å². The molecular weight excluding hydrogens is 265 g/mol. The van der Waals surface area contributed by atoms with Gasteiger partial charge in [-0.1, -0.05) is 17.4 Å². The molecule has 19 heavy (non-hydrogen) atoms. The van der Waals surface area contributed by atoms with Crippen molar-refractivity contribution in [1.82, 2.24) is 10.3 Å². The van der Waals surface area contributed by atoms with Gasteiger partial charge in [0.25, 0.3) is 5.91 Å². The number of nitrogen functional groups attached to an aromatic ring is 1. The van der Waals surface area contributed by atoms with Crippen LogP contribution in [0.5, 0.6) is 0 Å². The smallest absolute Gasteiger partial charge is 0.263 e. The average molecular weight is 279 g/mol. The summed E-state index contributed by atoms with van der Waals surface area (Å²) in [7, 11) is 0. The summed E-state index contributed by atoms with van der Waals surface area (Å²) in [6.45, 7) is 3.90. The van der Waals surface area contributed by atoms with Gasteiger partial charge in [0.15, 0.2) is 5.13 Å². The summed E-state index contributed by atoms with van der Waals surface area (Å²) >= 11 is 1.16. The highest BCUT2D eigenvalue weighted by atomic mass is 32.1. The molecule has 1 heterocycles. The summed E-state index contributed by atoms with van der Waals surface area (Å²) in [4.78, 5) is 16.5. The van der Waals surface area contributed by atoms with Gasteiger partial charge in [-0.2, -0.15) is 0 Å². The minimum Gasteiger partial charge on any atom is -0.375 e. The molecule has 0 fully saturated rings. The quantitative estimate of drug-likeness (QED) is 0.906. The number of amides is 1. The van der Waals surface area contributed by atoms with E-state index in [0.29, 0.717) is 22.2 Å². The molecule has 1 aromatic carbocycles. The topological polar surface area (TPSA) is 68.0 Å². The van der Waals surface area contributed by atoms with Crippen LogP contribution < -0.4 is 11.1 Å². The molecule has 3 N–H and O–H groups in total. The van der Waals surface area contributed by atoms with E-state index in [2.05, 4.69) is 10.3 Å². The van der Waals surface area contributed by atoms with Crippen molar-refractivity contribution in [3.8, 4) is 0 Å². The van der Waals surface area contributed by atoms with Crippen LogP contribution in [0, 0.1) is 19.7 Å². The Labute approximate surface area is 114 Å². The average Bonchev–Trinajstić information content (AvgIpc) is 2.67. The van der Waals surface area contributed by atoms with Gasteiger partial charge >= 0.3 is 0 Å². The van der Waals surface area contributed by atoms with Gasteiger partial charge in [-0.15, -0.1) is 0 Å². The van der Waals surface area contributed by atoms with Crippen LogP contribution in [0.4, 0.5) is 9.52 Å². The Balaban J connectivity index is 2.06. The normalized spacial score (nSPS) is 10.5. The highest BCUT2D eigenvalue weighted by molar-refractivity contribution is 7.17. The van der Waals surface area contributed by atoms with Crippen molar-refractivity contribution in [1.29, 1.82) is 0 Å². The fraction of sp³-hybridized carbons (Fsp3) is 0.231. The number of hydrogen-bond acceptors (Lipinski definition) is 4. The summed E-state index contributed by atoms with van der Waals surface area (Å²) < 4.78 is 13.0. The molecule has 0 aliphatic heterocycles. The number of carbonyl (C=O) groups excluding carboxylic acids is 1. The Hall–Kier alpha value is -1.95. The summed E-state index contributed by atoms with van der Waals surface area (Å²) in [5.41, 5.74) is 7.86. The van der Waals surface area contributed by atoms with E-state index in [4.69, 9.17) is 5.73 Å². The minimum atomic E-state index is -0.279. The van der Waals surface area contributed by atoms with Crippen molar-refractivity contribution < 1.29 is 9.18 Å². The molecule has 1 amide bonds. The first-order valence-corrected chi connectivity index (χ1v) is 6.55. The number of hydrogen-bond donors (Lipinski definition) is 2. The van der Waals surface area contributed by atoms with Gasteiger partial charge in [0, 0.05) is 6.54 Å². The fourth-order valence-electron chi connectivity index (χ4n) is 1.74. The standard InChI is InChI=1S/C13H14FN3OS/c1-7-5-10(14)4-3-9(7)6-16-12(18)11-8(2)17-13(15)19-11/h3-5H,6H2,1-2H3,(H2,15,17)(H,16,18). The van der Waals surface area contributed by atoms with E-state index >= 15 is 0 Å². The number of rotatable bonds is 3. The number of anilines is 1. The number of aromatic nitrogens is 1. The van der Waals surface area contributed by atoms with Crippen molar-refractivity contribution in [3.05, 3.63) is 45.7 Å². The van der Waals surface area contributed by atoms with E-state index in [1.807, 2.05) is 0 Å². The number of nitrogens with zero attached hydrogens (tertiary/aromatic N) is 1. The van der Waals surface area contributed by atoms with E-state index in [1.165, 1.54) is 12.1 Å². The maximum atomic E-state index is 13.0. The lowest BCUT2D eigenvalue weighted by molar-refractivity contribution is 0.0954. The third-order valence-corrected chi connectivity index (χ3v) is 3.75. The molecule has 0 aliphatic carbocycles. The molecule has 1 aromatic heterocycles. The van der Waals surface area contributed by atoms with Crippen LogP contribution in [-0.4, -0.2) is 10.9 Å². The van der Waals surface area contributed by atoms with Gasteiger partial charge in [0.2, 0.25) is 0 Å². The predicted octanol–water partition coefficient (Wildman–Crippen LogP) is 2.41. The molecule has 0 atom stereocenters. The Morgan fingerprint density at radius 3 is 2.79 bits per heavy atom. The van der Waals surface area contributed by atoms with Crippen molar-refractivity contribution in [2.45, 2.75) is 20.4 Å². The predicted molar refractivity (Wildman–Crippen MR) is 73.6 cm³/mol. The summed E-state index contributed by atoms with van der Waals surface area (Å²) in [6, 6.07) is 4.49. The Morgan fingerprint density at radius 1 is 1.47 bits per heavy atom. The lowest BCUT2D eigenvalue weighted by atomic mass is 10.1. The van der Waals surface area contributed by atoms with Gasteiger partial charge < -0.3 is 11.1 Å². The Morgan fingerprint density at radius 2 is 2.21 bits per heavy atom. The zero-order valence-corrected chi connectivity index (χ0v) is 11.5. The molecule has 0 bridgehead atoms. The third kappa shape index (κ3) is 3.08. The lowest BCUT2D eigenvalue weighted by Gasteiger charge is -2.07. The van der Waals surface area contributed by atoms with Crippen molar-refractivity contribution in [2.24, 2.45) is 0 Å². The molecule has 2 aromatic rings. The van der Waals surface area contributed by atoms with Gasteiger partial charge in [0.1, 0.15) is 10.7 Å². The molecule has 100 valence electrons. The molecule has 0 radical (unpaired) electrons. The summed E-state index contributed by atoms with van der Waals surface area (Å²) in [5.74, 6) is -0.492. The van der Waals surface area contributed by atoms with Gasteiger partial charge in [0.05, 0.1) is 5.69 Å². The molecule has 2 rings (SSSR count). The first kappa shape index (κ1) is 13.5. The van der Waals surface area contributed by atoms with Crippen LogP contribution in [0.25, 0.3) is 0 Å². The van der Waals surface area contributed by atoms with Crippen LogP contribution >= 0.6 is 11.3 Å². The first-order chi connectivity index (χ1) is 8.97. The van der Waals surface area contributed by atoms with Crippen LogP contribution in [-0.2, 0) is 6.54 Å². The molecule has 0 spiro atoms. The molecule has 0 unspecified atom stereocenters. The minimum absolute atomic E-state index is 0.213. The van der Waals surface area contributed by atoms with E-state index in [0.717, 1.165) is 22.5 Å². The van der Waals surface area contributed by atoms with E-state index in [-0.39, 0.29) is 11.7 Å². The number of carbonyl (C=O) groups is 1.